The predicted octanol–water partition coefficient (Wildman–Crippen LogP) is 1.55. The van der Waals surface area contributed by atoms with Gasteiger partial charge in [0.05, 0.1) is 22.8 Å². The first-order valence-corrected chi connectivity index (χ1v) is 11.0. The number of hydrogen-bond acceptors (Lipinski definition) is 6. The van der Waals surface area contributed by atoms with Crippen molar-refractivity contribution in [1.82, 2.24) is 14.9 Å². The van der Waals surface area contributed by atoms with Crippen LogP contribution in [-0.4, -0.2) is 56.9 Å². The zero-order valence-corrected chi connectivity index (χ0v) is 17.4. The minimum atomic E-state index is -3.62. The van der Waals surface area contributed by atoms with Gasteiger partial charge < -0.3 is 16.0 Å². The van der Waals surface area contributed by atoms with Crippen LogP contribution in [-0.2, 0) is 14.8 Å². The number of amides is 3. The van der Waals surface area contributed by atoms with Crippen LogP contribution in [0.3, 0.4) is 0 Å². The van der Waals surface area contributed by atoms with Crippen molar-refractivity contribution in [3.63, 3.8) is 0 Å². The zero-order valence-electron chi connectivity index (χ0n) is 16.5. The number of carbonyl (C=O) groups is 2. The Bertz CT molecular complexity index is 804. The predicted molar refractivity (Wildman–Crippen MR) is 109 cm³/mol. The van der Waals surface area contributed by atoms with Gasteiger partial charge in [0.1, 0.15) is 0 Å². The standard InChI is InChI=1S/C18H29N5O4S/c1-4-19-15-10-9-14(28(26,27)23(5-2)6-3)11-16(15)20-12-17(24)22-18(25)21-13-7-8-13/h9-11,13,19-20H,4-8,12H2,1-3H3,(H2,21,22,24,25). The Kier molecular flexibility index (Phi) is 7.64. The average Bonchev–Trinajstić information content (AvgIpc) is 3.45. The van der Waals surface area contributed by atoms with Crippen molar-refractivity contribution in [2.75, 3.05) is 36.8 Å². The first-order chi connectivity index (χ1) is 13.3. The molecule has 1 aliphatic carbocycles. The lowest BCUT2D eigenvalue weighted by molar-refractivity contribution is -0.118. The highest BCUT2D eigenvalue weighted by Crippen LogP contribution is 2.27. The fourth-order valence-corrected chi connectivity index (χ4v) is 4.17. The number of carbonyl (C=O) groups excluding carboxylic acids is 2. The van der Waals surface area contributed by atoms with Crippen LogP contribution >= 0.6 is 0 Å². The number of anilines is 2. The van der Waals surface area contributed by atoms with Crippen molar-refractivity contribution in [1.29, 1.82) is 0 Å². The van der Waals surface area contributed by atoms with Crippen LogP contribution in [0, 0.1) is 0 Å². The molecule has 0 saturated heterocycles. The van der Waals surface area contributed by atoms with E-state index in [4.69, 9.17) is 0 Å². The zero-order chi connectivity index (χ0) is 20.7. The quantitative estimate of drug-likeness (QED) is 0.464. The van der Waals surface area contributed by atoms with Gasteiger partial charge in [-0.1, -0.05) is 13.8 Å². The summed E-state index contributed by atoms with van der Waals surface area (Å²) in [5.41, 5.74) is 1.16. The van der Waals surface area contributed by atoms with E-state index in [2.05, 4.69) is 21.3 Å². The van der Waals surface area contributed by atoms with Crippen LogP contribution in [0.4, 0.5) is 16.2 Å². The summed E-state index contributed by atoms with van der Waals surface area (Å²) in [6.45, 7) is 6.69. The summed E-state index contributed by atoms with van der Waals surface area (Å²) < 4.78 is 26.9. The van der Waals surface area contributed by atoms with Crippen LogP contribution in [0.25, 0.3) is 0 Å². The molecular formula is C18H29N5O4S. The molecule has 156 valence electrons. The van der Waals surface area contributed by atoms with Gasteiger partial charge in [-0.3, -0.25) is 10.1 Å². The first kappa shape index (κ1) is 22.0. The molecule has 1 fully saturated rings. The van der Waals surface area contributed by atoms with Crippen molar-refractivity contribution < 1.29 is 18.0 Å². The largest absolute Gasteiger partial charge is 0.384 e. The Hall–Kier alpha value is -2.33. The van der Waals surface area contributed by atoms with Crippen LogP contribution in [0.1, 0.15) is 33.6 Å². The van der Waals surface area contributed by atoms with Gasteiger partial charge in [0.25, 0.3) is 0 Å². The van der Waals surface area contributed by atoms with Gasteiger partial charge in [-0.2, -0.15) is 4.31 Å². The highest BCUT2D eigenvalue weighted by molar-refractivity contribution is 7.89. The first-order valence-electron chi connectivity index (χ1n) is 9.54. The van der Waals surface area contributed by atoms with Gasteiger partial charge in [0.15, 0.2) is 0 Å². The fraction of sp³-hybridized carbons (Fsp3) is 0.556. The molecule has 0 aliphatic heterocycles. The molecule has 0 atom stereocenters. The molecule has 1 saturated carbocycles. The Morgan fingerprint density at radius 1 is 1.07 bits per heavy atom. The summed E-state index contributed by atoms with van der Waals surface area (Å²) >= 11 is 0. The third kappa shape index (κ3) is 5.83. The Morgan fingerprint density at radius 2 is 1.75 bits per heavy atom. The topological polar surface area (TPSA) is 120 Å². The molecule has 1 aromatic carbocycles. The molecule has 0 heterocycles. The van der Waals surface area contributed by atoms with Gasteiger partial charge >= 0.3 is 6.03 Å². The number of hydrogen-bond donors (Lipinski definition) is 4. The maximum atomic E-state index is 12.8. The van der Waals surface area contributed by atoms with E-state index in [0.29, 0.717) is 31.0 Å². The van der Waals surface area contributed by atoms with Crippen LogP contribution < -0.4 is 21.3 Å². The lowest BCUT2D eigenvalue weighted by atomic mass is 10.2. The number of benzene rings is 1. The van der Waals surface area contributed by atoms with E-state index in [0.717, 1.165) is 12.8 Å². The molecule has 0 radical (unpaired) electrons. The molecule has 28 heavy (non-hydrogen) atoms. The van der Waals surface area contributed by atoms with Crippen molar-refractivity contribution in [3.05, 3.63) is 18.2 Å². The smallest absolute Gasteiger partial charge is 0.321 e. The van der Waals surface area contributed by atoms with Gasteiger partial charge in [0, 0.05) is 25.7 Å². The van der Waals surface area contributed by atoms with E-state index in [9.17, 15) is 18.0 Å². The molecule has 2 rings (SSSR count). The fourth-order valence-electron chi connectivity index (χ4n) is 2.68. The Morgan fingerprint density at radius 3 is 2.32 bits per heavy atom. The second kappa shape index (κ2) is 9.74. The molecule has 9 nitrogen and oxygen atoms in total. The van der Waals surface area contributed by atoms with Gasteiger partial charge in [0.2, 0.25) is 15.9 Å². The molecule has 0 unspecified atom stereocenters. The highest BCUT2D eigenvalue weighted by Gasteiger charge is 2.24. The lowest BCUT2D eigenvalue weighted by Crippen LogP contribution is -2.42. The van der Waals surface area contributed by atoms with E-state index in [-0.39, 0.29) is 17.5 Å². The molecule has 3 amide bonds. The Labute approximate surface area is 166 Å². The number of urea groups is 1. The summed E-state index contributed by atoms with van der Waals surface area (Å²) in [7, 11) is -3.62. The molecule has 0 aromatic heterocycles. The molecule has 4 N–H and O–H groups in total. The molecule has 0 bridgehead atoms. The molecule has 1 aliphatic rings. The number of imide groups is 1. The van der Waals surface area contributed by atoms with Gasteiger partial charge in [-0.05, 0) is 38.0 Å². The summed E-state index contributed by atoms with van der Waals surface area (Å²) in [6, 6.07) is 4.35. The third-order valence-corrected chi connectivity index (χ3v) is 6.35. The summed E-state index contributed by atoms with van der Waals surface area (Å²) in [5.74, 6) is -0.502. The van der Waals surface area contributed by atoms with E-state index in [1.54, 1.807) is 26.0 Å². The minimum Gasteiger partial charge on any atom is -0.384 e. The minimum absolute atomic E-state index is 0.146. The highest BCUT2D eigenvalue weighted by atomic mass is 32.2. The van der Waals surface area contributed by atoms with Crippen molar-refractivity contribution in [2.45, 2.75) is 44.6 Å². The SMILES string of the molecule is CCNc1ccc(S(=O)(=O)N(CC)CC)cc1NCC(=O)NC(=O)NC1CC1. The van der Waals surface area contributed by atoms with Gasteiger partial charge in [-0.25, -0.2) is 13.2 Å². The third-order valence-electron chi connectivity index (χ3n) is 4.31. The summed E-state index contributed by atoms with van der Waals surface area (Å²) in [5, 5.41) is 11.0. The second-order valence-corrected chi connectivity index (χ2v) is 8.41. The maximum absolute atomic E-state index is 12.8. The van der Waals surface area contributed by atoms with Crippen molar-refractivity contribution in [3.8, 4) is 0 Å². The van der Waals surface area contributed by atoms with E-state index in [1.165, 1.54) is 10.4 Å². The number of rotatable bonds is 10. The van der Waals surface area contributed by atoms with Crippen LogP contribution in [0.15, 0.2) is 23.1 Å². The van der Waals surface area contributed by atoms with E-state index >= 15 is 0 Å². The summed E-state index contributed by atoms with van der Waals surface area (Å²) in [4.78, 5) is 23.8. The van der Waals surface area contributed by atoms with Crippen molar-refractivity contribution in [2.24, 2.45) is 0 Å². The lowest BCUT2D eigenvalue weighted by Gasteiger charge is -2.20. The molecular weight excluding hydrogens is 382 g/mol. The Balaban J connectivity index is 2.11. The molecule has 0 spiro atoms. The number of sulfonamides is 1. The number of nitrogens with zero attached hydrogens (tertiary/aromatic N) is 1. The van der Waals surface area contributed by atoms with Crippen LogP contribution in [0.2, 0.25) is 0 Å². The number of nitrogens with one attached hydrogen (secondary N) is 4. The maximum Gasteiger partial charge on any atom is 0.321 e. The average molecular weight is 412 g/mol. The monoisotopic (exact) mass is 411 g/mol. The van der Waals surface area contributed by atoms with Gasteiger partial charge in [-0.15, -0.1) is 0 Å². The summed E-state index contributed by atoms with van der Waals surface area (Å²) in [6.07, 6.45) is 1.86. The van der Waals surface area contributed by atoms with E-state index < -0.39 is 22.0 Å². The normalized spacial score (nSPS) is 13.9. The van der Waals surface area contributed by atoms with Crippen LogP contribution in [0.5, 0.6) is 0 Å². The van der Waals surface area contributed by atoms with E-state index in [1.807, 2.05) is 6.92 Å². The molecule has 1 aromatic rings. The second-order valence-electron chi connectivity index (χ2n) is 6.48. The van der Waals surface area contributed by atoms with Crippen molar-refractivity contribution >= 4 is 33.3 Å². The molecule has 10 heteroatoms.